The summed E-state index contributed by atoms with van der Waals surface area (Å²) in [6.07, 6.45) is 2.42. The zero-order valence-electron chi connectivity index (χ0n) is 18.8. The van der Waals surface area contributed by atoms with Gasteiger partial charge in [0.25, 0.3) is 11.5 Å². The van der Waals surface area contributed by atoms with E-state index in [1.165, 1.54) is 29.0 Å². The maximum Gasteiger partial charge on any atom is 0.273 e. The summed E-state index contributed by atoms with van der Waals surface area (Å²) >= 11 is 6.18. The molecule has 0 bridgehead atoms. The Labute approximate surface area is 209 Å². The van der Waals surface area contributed by atoms with E-state index in [0.717, 1.165) is 27.6 Å². The van der Waals surface area contributed by atoms with Crippen LogP contribution >= 0.6 is 11.6 Å². The SMILES string of the molecule is CS(=O)(=O)N1CN(C(=O)CO)c2cc(Cn3ccc(OCc4ccc(F)cc4F)c(Cl)c3=O)ccc21. The molecule has 2 aromatic carbocycles. The summed E-state index contributed by atoms with van der Waals surface area (Å²) in [7, 11) is -3.68. The van der Waals surface area contributed by atoms with Crippen molar-refractivity contribution in [3.05, 3.63) is 86.8 Å². The molecule has 0 atom stereocenters. The van der Waals surface area contributed by atoms with Crippen molar-refractivity contribution in [2.24, 2.45) is 0 Å². The second-order valence-electron chi connectivity index (χ2n) is 8.01. The Bertz CT molecular complexity index is 1510. The van der Waals surface area contributed by atoms with Gasteiger partial charge in [0, 0.05) is 17.8 Å². The third-order valence-electron chi connectivity index (χ3n) is 5.53. The topological polar surface area (TPSA) is 109 Å². The minimum Gasteiger partial charge on any atom is -0.487 e. The Hall–Kier alpha value is -3.48. The van der Waals surface area contributed by atoms with Crippen molar-refractivity contribution < 1.29 is 31.8 Å². The van der Waals surface area contributed by atoms with Crippen LogP contribution < -0.4 is 19.5 Å². The number of hydrogen-bond donors (Lipinski definition) is 1. The molecule has 0 radical (unpaired) electrons. The molecule has 2 heterocycles. The van der Waals surface area contributed by atoms with Gasteiger partial charge in [0.2, 0.25) is 10.0 Å². The molecule has 1 aliphatic heterocycles. The number of carbonyl (C=O) groups excluding carboxylic acids is 1. The molecule has 1 aliphatic rings. The van der Waals surface area contributed by atoms with Gasteiger partial charge < -0.3 is 14.4 Å². The van der Waals surface area contributed by atoms with Gasteiger partial charge in [0.1, 0.15) is 42.3 Å². The first-order valence-corrected chi connectivity index (χ1v) is 12.7. The van der Waals surface area contributed by atoms with E-state index >= 15 is 0 Å². The summed E-state index contributed by atoms with van der Waals surface area (Å²) in [6, 6.07) is 9.12. The monoisotopic (exact) mass is 539 g/mol. The number of pyridine rings is 1. The van der Waals surface area contributed by atoms with Gasteiger partial charge in [0.05, 0.1) is 24.2 Å². The largest absolute Gasteiger partial charge is 0.487 e. The molecule has 190 valence electrons. The number of hydrogen-bond acceptors (Lipinski definition) is 6. The van der Waals surface area contributed by atoms with Crippen LogP contribution in [0.15, 0.2) is 53.5 Å². The van der Waals surface area contributed by atoms with E-state index in [1.54, 1.807) is 12.1 Å². The molecule has 13 heteroatoms. The number of sulfonamides is 1. The number of anilines is 2. The molecule has 0 spiro atoms. The van der Waals surface area contributed by atoms with Gasteiger partial charge in [-0.15, -0.1) is 0 Å². The Morgan fingerprint density at radius 3 is 2.56 bits per heavy atom. The molecule has 1 aromatic heterocycles. The molecule has 0 saturated heterocycles. The second kappa shape index (κ2) is 9.88. The number of aliphatic hydroxyl groups is 1. The standard InChI is InChI=1S/C23H20ClF2N3O6S/c1-36(33,34)29-13-28(21(31)11-30)19-8-14(2-5-18(19)29)10-27-7-6-20(22(24)23(27)32)35-12-15-3-4-16(25)9-17(15)26/h2-9,30H,10-13H2,1H3. The predicted octanol–water partition coefficient (Wildman–Crippen LogP) is 2.47. The number of rotatable bonds is 7. The molecule has 0 fully saturated rings. The van der Waals surface area contributed by atoms with Crippen molar-refractivity contribution >= 4 is 38.9 Å². The van der Waals surface area contributed by atoms with Crippen LogP contribution in [0, 0.1) is 11.6 Å². The highest BCUT2D eigenvalue weighted by molar-refractivity contribution is 7.92. The van der Waals surface area contributed by atoms with Gasteiger partial charge in [0.15, 0.2) is 0 Å². The normalized spacial score (nSPS) is 13.1. The highest BCUT2D eigenvalue weighted by atomic mass is 35.5. The fraction of sp³-hybridized carbons (Fsp3) is 0.217. The molecule has 36 heavy (non-hydrogen) atoms. The fourth-order valence-electron chi connectivity index (χ4n) is 3.71. The molecule has 1 N–H and O–H groups in total. The molecule has 0 unspecified atom stereocenters. The number of ether oxygens (including phenoxy) is 1. The number of benzene rings is 2. The van der Waals surface area contributed by atoms with E-state index in [0.29, 0.717) is 5.56 Å². The summed E-state index contributed by atoms with van der Waals surface area (Å²) in [4.78, 5) is 26.1. The molecule has 0 aliphatic carbocycles. The Morgan fingerprint density at radius 1 is 1.14 bits per heavy atom. The number of halogens is 3. The summed E-state index contributed by atoms with van der Waals surface area (Å²) < 4.78 is 58.9. The summed E-state index contributed by atoms with van der Waals surface area (Å²) in [6.45, 7) is -1.33. The predicted molar refractivity (Wildman–Crippen MR) is 129 cm³/mol. The van der Waals surface area contributed by atoms with Crippen molar-refractivity contribution in [3.63, 3.8) is 0 Å². The van der Waals surface area contributed by atoms with Gasteiger partial charge in [-0.3, -0.25) is 14.5 Å². The van der Waals surface area contributed by atoms with Crippen LogP contribution in [0.2, 0.25) is 5.02 Å². The number of amides is 1. The van der Waals surface area contributed by atoms with Gasteiger partial charge in [-0.1, -0.05) is 17.7 Å². The zero-order valence-corrected chi connectivity index (χ0v) is 20.4. The maximum absolute atomic E-state index is 13.8. The summed E-state index contributed by atoms with van der Waals surface area (Å²) in [5, 5.41) is 9.03. The average molecular weight is 540 g/mol. The van der Waals surface area contributed by atoms with E-state index in [9.17, 15) is 31.9 Å². The van der Waals surface area contributed by atoms with Crippen LogP contribution in [-0.4, -0.2) is 43.5 Å². The van der Waals surface area contributed by atoms with Crippen molar-refractivity contribution in [1.29, 1.82) is 0 Å². The quantitative estimate of drug-likeness (QED) is 0.494. The molecular weight excluding hydrogens is 520 g/mol. The van der Waals surface area contributed by atoms with E-state index in [2.05, 4.69) is 0 Å². The second-order valence-corrected chi connectivity index (χ2v) is 10.3. The Morgan fingerprint density at radius 2 is 1.89 bits per heavy atom. The van der Waals surface area contributed by atoms with Crippen LogP contribution in [0.25, 0.3) is 0 Å². The molecule has 1 amide bonds. The number of nitrogens with zero attached hydrogens (tertiary/aromatic N) is 3. The third kappa shape index (κ3) is 5.06. The smallest absolute Gasteiger partial charge is 0.273 e. The molecule has 0 saturated carbocycles. The highest BCUT2D eigenvalue weighted by Crippen LogP contribution is 2.38. The lowest BCUT2D eigenvalue weighted by molar-refractivity contribution is -0.121. The van der Waals surface area contributed by atoms with Gasteiger partial charge in [-0.25, -0.2) is 21.5 Å². The lowest BCUT2D eigenvalue weighted by Crippen LogP contribution is -2.39. The Balaban J connectivity index is 1.58. The first-order valence-electron chi connectivity index (χ1n) is 10.5. The van der Waals surface area contributed by atoms with Gasteiger partial charge >= 0.3 is 0 Å². The van der Waals surface area contributed by atoms with Gasteiger partial charge in [-0.2, -0.15) is 0 Å². The van der Waals surface area contributed by atoms with E-state index in [4.69, 9.17) is 16.3 Å². The Kier molecular flexibility index (Phi) is 7.03. The third-order valence-corrected chi connectivity index (χ3v) is 6.99. The summed E-state index contributed by atoms with van der Waals surface area (Å²) in [5.74, 6) is -2.19. The number of carbonyl (C=O) groups is 1. The number of fused-ring (bicyclic) bond motifs is 1. The average Bonchev–Trinajstić information content (AvgIpc) is 3.21. The zero-order chi connectivity index (χ0) is 26.2. The molecule has 3 aromatic rings. The maximum atomic E-state index is 13.8. The van der Waals surface area contributed by atoms with Crippen molar-refractivity contribution in [2.75, 3.05) is 28.7 Å². The molecule has 9 nitrogen and oxygen atoms in total. The minimum atomic E-state index is -3.68. The lowest BCUT2D eigenvalue weighted by Gasteiger charge is -2.17. The number of aromatic nitrogens is 1. The highest BCUT2D eigenvalue weighted by Gasteiger charge is 2.34. The molecular formula is C23H20ClF2N3O6S. The minimum absolute atomic E-state index is 0.0131. The number of aliphatic hydroxyl groups excluding tert-OH is 1. The van der Waals surface area contributed by atoms with E-state index in [-0.39, 0.29) is 47.5 Å². The van der Waals surface area contributed by atoms with E-state index in [1.807, 2.05) is 0 Å². The van der Waals surface area contributed by atoms with Crippen LogP contribution in [0.1, 0.15) is 11.1 Å². The first-order chi connectivity index (χ1) is 17.0. The van der Waals surface area contributed by atoms with Crippen molar-refractivity contribution in [1.82, 2.24) is 4.57 Å². The van der Waals surface area contributed by atoms with Crippen LogP contribution in [-0.2, 0) is 28.0 Å². The fourth-order valence-corrected chi connectivity index (χ4v) is 4.78. The summed E-state index contributed by atoms with van der Waals surface area (Å²) in [5.41, 5.74) is 0.581. The van der Waals surface area contributed by atoms with Crippen LogP contribution in [0.5, 0.6) is 5.75 Å². The van der Waals surface area contributed by atoms with Crippen molar-refractivity contribution in [3.8, 4) is 5.75 Å². The van der Waals surface area contributed by atoms with Crippen LogP contribution in [0.3, 0.4) is 0 Å². The molecule has 4 rings (SSSR count). The van der Waals surface area contributed by atoms with Crippen molar-refractivity contribution in [2.45, 2.75) is 13.2 Å². The van der Waals surface area contributed by atoms with Crippen LogP contribution in [0.4, 0.5) is 20.2 Å². The lowest BCUT2D eigenvalue weighted by atomic mass is 10.1. The van der Waals surface area contributed by atoms with E-state index < -0.39 is 39.7 Å². The first kappa shape index (κ1) is 25.6. The van der Waals surface area contributed by atoms with Gasteiger partial charge in [-0.05, 0) is 35.9 Å².